The quantitative estimate of drug-likeness (QED) is 0.826. The molecule has 4 heterocycles. The van der Waals surface area contributed by atoms with Crippen molar-refractivity contribution in [1.29, 1.82) is 0 Å². The third-order valence-corrected chi connectivity index (χ3v) is 4.61. The molecule has 0 radical (unpaired) electrons. The average Bonchev–Trinajstić information content (AvgIpc) is 3.20. The molecule has 122 valence electrons. The van der Waals surface area contributed by atoms with E-state index in [0.29, 0.717) is 26.1 Å². The molecule has 1 fully saturated rings. The number of aromatic nitrogens is 5. The summed E-state index contributed by atoms with van der Waals surface area (Å²) >= 11 is 0. The Morgan fingerprint density at radius 3 is 3.22 bits per heavy atom. The number of carbonyl (C=O) groups is 1. The summed E-state index contributed by atoms with van der Waals surface area (Å²) in [6, 6.07) is 2.02. The van der Waals surface area contributed by atoms with Gasteiger partial charge in [0.25, 0.3) is 0 Å². The number of carbonyl (C=O) groups excluding carboxylic acids is 1. The van der Waals surface area contributed by atoms with Crippen molar-refractivity contribution in [3.63, 3.8) is 0 Å². The summed E-state index contributed by atoms with van der Waals surface area (Å²) < 4.78 is 9.61. The van der Waals surface area contributed by atoms with Crippen molar-refractivity contribution < 1.29 is 9.53 Å². The van der Waals surface area contributed by atoms with E-state index in [1.807, 2.05) is 33.5 Å². The second kappa shape index (κ2) is 5.77. The van der Waals surface area contributed by atoms with Crippen LogP contribution in [0.1, 0.15) is 30.3 Å². The number of ether oxygens (including phenoxy) is 1. The first-order chi connectivity index (χ1) is 11.2. The zero-order chi connectivity index (χ0) is 15.8. The van der Waals surface area contributed by atoms with Gasteiger partial charge in [-0.2, -0.15) is 5.10 Å². The standard InChI is InChI=1S/C15H20N6O2/c1-11-2-6-20(17-11)7-4-15(22)19-5-3-14-13(9-19)21-12(10-23-14)8-16-18-21/h2,6,8,13-14H,3-5,7,9-10H2,1H3/t13-,14+/m1/s1. The number of rotatable bonds is 3. The van der Waals surface area contributed by atoms with Crippen molar-refractivity contribution in [1.82, 2.24) is 29.7 Å². The van der Waals surface area contributed by atoms with E-state index in [1.165, 1.54) is 0 Å². The van der Waals surface area contributed by atoms with Crippen LogP contribution in [0, 0.1) is 6.92 Å². The summed E-state index contributed by atoms with van der Waals surface area (Å²) in [5.41, 5.74) is 1.95. The van der Waals surface area contributed by atoms with Crippen LogP contribution in [-0.2, 0) is 22.7 Å². The highest BCUT2D eigenvalue weighted by Crippen LogP contribution is 2.30. The third-order valence-electron chi connectivity index (χ3n) is 4.61. The highest BCUT2D eigenvalue weighted by atomic mass is 16.5. The van der Waals surface area contributed by atoms with Gasteiger partial charge in [-0.05, 0) is 19.4 Å². The van der Waals surface area contributed by atoms with Gasteiger partial charge >= 0.3 is 0 Å². The van der Waals surface area contributed by atoms with Gasteiger partial charge in [0.05, 0.1) is 36.3 Å². The fourth-order valence-corrected chi connectivity index (χ4v) is 3.36. The Morgan fingerprint density at radius 1 is 1.48 bits per heavy atom. The molecule has 0 bridgehead atoms. The van der Waals surface area contributed by atoms with Gasteiger partial charge in [-0.15, -0.1) is 5.10 Å². The number of amides is 1. The zero-order valence-corrected chi connectivity index (χ0v) is 13.1. The summed E-state index contributed by atoms with van der Waals surface area (Å²) in [6.07, 6.45) is 5.07. The summed E-state index contributed by atoms with van der Waals surface area (Å²) in [4.78, 5) is 14.4. The highest BCUT2D eigenvalue weighted by Gasteiger charge is 2.37. The van der Waals surface area contributed by atoms with E-state index >= 15 is 0 Å². The predicted molar refractivity (Wildman–Crippen MR) is 80.4 cm³/mol. The van der Waals surface area contributed by atoms with Gasteiger partial charge in [-0.25, -0.2) is 4.68 Å². The number of fused-ring (bicyclic) bond motifs is 3. The summed E-state index contributed by atoms with van der Waals surface area (Å²) in [5.74, 6) is 0.156. The van der Waals surface area contributed by atoms with Gasteiger partial charge in [0, 0.05) is 32.3 Å². The Labute approximate surface area is 134 Å². The minimum atomic E-state index is 0.0749. The van der Waals surface area contributed by atoms with Crippen LogP contribution in [0.25, 0.3) is 0 Å². The van der Waals surface area contributed by atoms with Gasteiger partial charge in [0.1, 0.15) is 0 Å². The molecule has 4 rings (SSSR count). The Balaban J connectivity index is 1.40. The molecule has 2 aliphatic heterocycles. The van der Waals surface area contributed by atoms with Crippen LogP contribution in [0.4, 0.5) is 0 Å². The van der Waals surface area contributed by atoms with Crippen molar-refractivity contribution in [3.8, 4) is 0 Å². The molecule has 0 unspecified atom stereocenters. The largest absolute Gasteiger partial charge is 0.370 e. The monoisotopic (exact) mass is 316 g/mol. The average molecular weight is 316 g/mol. The second-order valence-corrected chi connectivity index (χ2v) is 6.19. The lowest BCUT2D eigenvalue weighted by Crippen LogP contribution is -2.50. The molecule has 23 heavy (non-hydrogen) atoms. The Morgan fingerprint density at radius 2 is 2.39 bits per heavy atom. The minimum absolute atomic E-state index is 0.0749. The molecule has 2 atom stereocenters. The SMILES string of the molecule is Cc1ccn(CCC(=O)N2CC[C@@H]3OCc4cnnn4[C@@H]3C2)n1. The van der Waals surface area contributed by atoms with E-state index in [1.54, 1.807) is 6.20 Å². The third kappa shape index (κ3) is 2.74. The lowest BCUT2D eigenvalue weighted by Gasteiger charge is -2.41. The number of aryl methyl sites for hydroxylation is 2. The van der Waals surface area contributed by atoms with Crippen LogP contribution < -0.4 is 0 Å². The molecular weight excluding hydrogens is 296 g/mol. The normalized spacial score (nSPS) is 23.4. The highest BCUT2D eigenvalue weighted by molar-refractivity contribution is 5.76. The van der Waals surface area contributed by atoms with Gasteiger partial charge in [-0.3, -0.25) is 9.48 Å². The molecule has 2 aromatic heterocycles. The Bertz CT molecular complexity index is 708. The minimum Gasteiger partial charge on any atom is -0.370 e. The van der Waals surface area contributed by atoms with Gasteiger partial charge in [0.2, 0.25) is 5.91 Å². The second-order valence-electron chi connectivity index (χ2n) is 6.19. The van der Waals surface area contributed by atoms with Crippen molar-refractivity contribution in [2.24, 2.45) is 0 Å². The van der Waals surface area contributed by atoms with Crippen molar-refractivity contribution >= 4 is 5.91 Å². The van der Waals surface area contributed by atoms with E-state index in [9.17, 15) is 4.79 Å². The molecule has 8 nitrogen and oxygen atoms in total. The molecule has 0 saturated carbocycles. The molecule has 1 saturated heterocycles. The fourth-order valence-electron chi connectivity index (χ4n) is 3.36. The maximum atomic E-state index is 12.5. The van der Waals surface area contributed by atoms with E-state index in [4.69, 9.17) is 4.74 Å². The molecule has 0 aromatic carbocycles. The molecule has 0 aliphatic carbocycles. The number of hydrogen-bond acceptors (Lipinski definition) is 5. The number of likely N-dealkylation sites (tertiary alicyclic amines) is 1. The van der Waals surface area contributed by atoms with Crippen LogP contribution in [0.5, 0.6) is 0 Å². The maximum Gasteiger partial charge on any atom is 0.224 e. The molecule has 8 heteroatoms. The number of piperidine rings is 1. The fraction of sp³-hybridized carbons (Fsp3) is 0.600. The van der Waals surface area contributed by atoms with Crippen LogP contribution in [0.3, 0.4) is 0 Å². The number of hydrogen-bond donors (Lipinski definition) is 0. The van der Waals surface area contributed by atoms with E-state index in [0.717, 1.165) is 24.4 Å². The van der Waals surface area contributed by atoms with Gasteiger partial charge in [-0.1, -0.05) is 5.21 Å². The molecule has 1 amide bonds. The molecule has 0 N–H and O–H groups in total. The first-order valence-corrected chi connectivity index (χ1v) is 7.99. The Kier molecular flexibility index (Phi) is 3.60. The summed E-state index contributed by atoms with van der Waals surface area (Å²) in [6.45, 7) is 4.49. The molecular formula is C15H20N6O2. The van der Waals surface area contributed by atoms with E-state index in [2.05, 4.69) is 15.4 Å². The van der Waals surface area contributed by atoms with Gasteiger partial charge < -0.3 is 9.64 Å². The summed E-state index contributed by atoms with van der Waals surface area (Å²) in [7, 11) is 0. The molecule has 2 aliphatic rings. The molecule has 2 aromatic rings. The van der Waals surface area contributed by atoms with Crippen LogP contribution in [0.2, 0.25) is 0 Å². The lowest BCUT2D eigenvalue weighted by atomic mass is 10.00. The molecule has 0 spiro atoms. The number of nitrogens with zero attached hydrogens (tertiary/aromatic N) is 6. The van der Waals surface area contributed by atoms with Crippen molar-refractivity contribution in [2.75, 3.05) is 13.1 Å². The summed E-state index contributed by atoms with van der Waals surface area (Å²) in [5, 5.41) is 12.4. The topological polar surface area (TPSA) is 78.1 Å². The lowest BCUT2D eigenvalue weighted by molar-refractivity contribution is -0.138. The van der Waals surface area contributed by atoms with Crippen molar-refractivity contribution in [2.45, 2.75) is 45.1 Å². The van der Waals surface area contributed by atoms with Crippen LogP contribution in [0.15, 0.2) is 18.5 Å². The predicted octanol–water partition coefficient (Wildman–Crippen LogP) is 0.546. The van der Waals surface area contributed by atoms with Crippen LogP contribution >= 0.6 is 0 Å². The Hall–Kier alpha value is -2.22. The maximum absolute atomic E-state index is 12.5. The zero-order valence-electron chi connectivity index (χ0n) is 13.1. The van der Waals surface area contributed by atoms with Gasteiger partial charge in [0.15, 0.2) is 0 Å². The van der Waals surface area contributed by atoms with Crippen LogP contribution in [-0.4, -0.2) is 54.8 Å². The van der Waals surface area contributed by atoms with Crippen molar-refractivity contribution in [3.05, 3.63) is 29.8 Å². The first kappa shape index (κ1) is 14.4. The van der Waals surface area contributed by atoms with E-state index < -0.39 is 0 Å². The van der Waals surface area contributed by atoms with E-state index in [-0.39, 0.29) is 18.1 Å². The first-order valence-electron chi connectivity index (χ1n) is 7.99. The smallest absolute Gasteiger partial charge is 0.224 e.